The molecule has 3 nitrogen and oxygen atoms in total. The molecule has 0 N–H and O–H groups in total. The van der Waals surface area contributed by atoms with Gasteiger partial charge in [-0.15, -0.1) is 0 Å². The molecule has 1 aliphatic rings. The Bertz CT molecular complexity index is 498. The van der Waals surface area contributed by atoms with Gasteiger partial charge in [-0.05, 0) is 54.6 Å². The topological polar surface area (TPSA) is 29.0 Å². The molecule has 0 aliphatic carbocycles. The molecule has 1 unspecified atom stereocenters. The van der Waals surface area contributed by atoms with Crippen molar-refractivity contribution in [1.82, 2.24) is 14.9 Å². The van der Waals surface area contributed by atoms with E-state index in [4.69, 9.17) is 0 Å². The van der Waals surface area contributed by atoms with Crippen molar-refractivity contribution in [2.75, 3.05) is 13.1 Å². The molecule has 0 bridgehead atoms. The maximum absolute atomic E-state index is 4.24. The molecule has 1 fully saturated rings. The molecule has 3 heteroatoms. The first kappa shape index (κ1) is 12.3. The number of aromatic nitrogens is 2. The summed E-state index contributed by atoms with van der Waals surface area (Å²) in [5, 5.41) is 0. The Morgan fingerprint density at radius 2 is 2.00 bits per heavy atom. The fourth-order valence-electron chi connectivity index (χ4n) is 2.84. The van der Waals surface area contributed by atoms with Gasteiger partial charge in [0.1, 0.15) is 0 Å². The van der Waals surface area contributed by atoms with Crippen LogP contribution in [0.3, 0.4) is 0 Å². The molecule has 3 rings (SSSR count). The highest BCUT2D eigenvalue weighted by molar-refractivity contribution is 5.16. The molecule has 1 atom stereocenters. The van der Waals surface area contributed by atoms with Crippen LogP contribution in [-0.4, -0.2) is 28.0 Å². The number of rotatable bonds is 3. The van der Waals surface area contributed by atoms with Crippen LogP contribution in [0.25, 0.3) is 0 Å². The Labute approximate surface area is 114 Å². The Morgan fingerprint density at radius 3 is 2.79 bits per heavy atom. The Hall–Kier alpha value is -1.74. The van der Waals surface area contributed by atoms with E-state index in [-0.39, 0.29) is 0 Å². The van der Waals surface area contributed by atoms with E-state index in [1.807, 2.05) is 30.9 Å². The SMILES string of the molecule is c1cncc(C2CCCN(Cc3ccncc3)C2)c1. The lowest BCUT2D eigenvalue weighted by Gasteiger charge is -2.32. The molecule has 2 aromatic rings. The van der Waals surface area contributed by atoms with Crippen LogP contribution in [0.2, 0.25) is 0 Å². The molecule has 19 heavy (non-hydrogen) atoms. The number of pyridine rings is 2. The lowest BCUT2D eigenvalue weighted by Crippen LogP contribution is -2.33. The van der Waals surface area contributed by atoms with Crippen LogP contribution in [0.15, 0.2) is 49.1 Å². The highest BCUT2D eigenvalue weighted by Gasteiger charge is 2.21. The largest absolute Gasteiger partial charge is 0.298 e. The van der Waals surface area contributed by atoms with Gasteiger partial charge in [-0.1, -0.05) is 6.07 Å². The number of nitrogens with zero attached hydrogens (tertiary/aromatic N) is 3. The average molecular weight is 253 g/mol. The summed E-state index contributed by atoms with van der Waals surface area (Å²) in [6, 6.07) is 8.45. The van der Waals surface area contributed by atoms with Gasteiger partial charge in [0.15, 0.2) is 0 Å². The minimum absolute atomic E-state index is 0.629. The first-order valence-corrected chi connectivity index (χ1v) is 6.93. The van der Waals surface area contributed by atoms with Gasteiger partial charge in [0.2, 0.25) is 0 Å². The first-order valence-electron chi connectivity index (χ1n) is 6.93. The number of hydrogen-bond donors (Lipinski definition) is 0. The van der Waals surface area contributed by atoms with Gasteiger partial charge in [-0.3, -0.25) is 14.9 Å². The van der Waals surface area contributed by atoms with E-state index >= 15 is 0 Å². The highest BCUT2D eigenvalue weighted by Crippen LogP contribution is 2.26. The fraction of sp³-hybridized carbons (Fsp3) is 0.375. The van der Waals surface area contributed by atoms with Crippen molar-refractivity contribution < 1.29 is 0 Å². The molecule has 0 spiro atoms. The van der Waals surface area contributed by atoms with E-state index in [0.29, 0.717) is 5.92 Å². The normalized spacial score (nSPS) is 20.3. The minimum atomic E-state index is 0.629. The highest BCUT2D eigenvalue weighted by atomic mass is 15.1. The Balaban J connectivity index is 1.65. The maximum Gasteiger partial charge on any atom is 0.0303 e. The van der Waals surface area contributed by atoms with Crippen LogP contribution in [0.1, 0.15) is 29.9 Å². The number of hydrogen-bond acceptors (Lipinski definition) is 3. The van der Waals surface area contributed by atoms with Gasteiger partial charge in [0, 0.05) is 37.9 Å². The molecule has 98 valence electrons. The van der Waals surface area contributed by atoms with Crippen LogP contribution in [-0.2, 0) is 6.54 Å². The van der Waals surface area contributed by atoms with Crippen molar-refractivity contribution in [3.05, 3.63) is 60.2 Å². The number of piperidine rings is 1. The van der Waals surface area contributed by atoms with Gasteiger partial charge in [-0.2, -0.15) is 0 Å². The van der Waals surface area contributed by atoms with Crippen molar-refractivity contribution in [3.8, 4) is 0 Å². The van der Waals surface area contributed by atoms with E-state index in [9.17, 15) is 0 Å². The third-order valence-corrected chi connectivity index (χ3v) is 3.82. The van der Waals surface area contributed by atoms with E-state index in [1.165, 1.54) is 30.5 Å². The summed E-state index contributed by atoms with van der Waals surface area (Å²) in [5.41, 5.74) is 2.73. The van der Waals surface area contributed by atoms with Crippen molar-refractivity contribution in [1.29, 1.82) is 0 Å². The molecule has 3 heterocycles. The summed E-state index contributed by atoms with van der Waals surface area (Å²) in [4.78, 5) is 10.9. The van der Waals surface area contributed by atoms with Crippen LogP contribution in [0, 0.1) is 0 Å². The van der Waals surface area contributed by atoms with Gasteiger partial charge in [0.25, 0.3) is 0 Å². The molecule has 0 aromatic carbocycles. The third-order valence-electron chi connectivity index (χ3n) is 3.82. The quantitative estimate of drug-likeness (QED) is 0.842. The summed E-state index contributed by atoms with van der Waals surface area (Å²) in [6.45, 7) is 3.35. The molecule has 1 aliphatic heterocycles. The van der Waals surface area contributed by atoms with Crippen molar-refractivity contribution >= 4 is 0 Å². The number of likely N-dealkylation sites (tertiary alicyclic amines) is 1. The standard InChI is InChI=1S/C16H19N3/c1-3-15(11-18-7-1)16-4-2-10-19(13-16)12-14-5-8-17-9-6-14/h1,3,5-9,11,16H,2,4,10,12-13H2. The average Bonchev–Trinajstić information content (AvgIpc) is 2.49. The van der Waals surface area contributed by atoms with E-state index in [2.05, 4.69) is 33.1 Å². The summed E-state index contributed by atoms with van der Waals surface area (Å²) >= 11 is 0. The molecule has 0 amide bonds. The first-order chi connectivity index (χ1) is 9.42. The predicted molar refractivity (Wildman–Crippen MR) is 75.7 cm³/mol. The Morgan fingerprint density at radius 1 is 1.11 bits per heavy atom. The minimum Gasteiger partial charge on any atom is -0.298 e. The monoisotopic (exact) mass is 253 g/mol. The summed E-state index contributed by atoms with van der Waals surface area (Å²) in [6.07, 6.45) is 10.2. The molecular weight excluding hydrogens is 234 g/mol. The van der Waals surface area contributed by atoms with E-state index in [1.54, 1.807) is 0 Å². The van der Waals surface area contributed by atoms with Gasteiger partial charge in [-0.25, -0.2) is 0 Å². The van der Waals surface area contributed by atoms with Crippen LogP contribution < -0.4 is 0 Å². The van der Waals surface area contributed by atoms with Crippen LogP contribution in [0.4, 0.5) is 0 Å². The van der Waals surface area contributed by atoms with E-state index < -0.39 is 0 Å². The summed E-state index contributed by atoms with van der Waals surface area (Å²) in [5.74, 6) is 0.629. The third kappa shape index (κ3) is 3.18. The zero-order valence-corrected chi connectivity index (χ0v) is 11.1. The van der Waals surface area contributed by atoms with Gasteiger partial charge < -0.3 is 0 Å². The zero-order chi connectivity index (χ0) is 12.9. The lowest BCUT2D eigenvalue weighted by atomic mass is 9.91. The molecular formula is C16H19N3. The molecule has 2 aromatic heterocycles. The van der Waals surface area contributed by atoms with Crippen molar-refractivity contribution in [3.63, 3.8) is 0 Å². The fourth-order valence-corrected chi connectivity index (χ4v) is 2.84. The zero-order valence-electron chi connectivity index (χ0n) is 11.1. The summed E-state index contributed by atoms with van der Waals surface area (Å²) in [7, 11) is 0. The predicted octanol–water partition coefficient (Wildman–Crippen LogP) is 2.86. The molecule has 1 saturated heterocycles. The van der Waals surface area contributed by atoms with Gasteiger partial charge >= 0.3 is 0 Å². The molecule has 0 radical (unpaired) electrons. The van der Waals surface area contributed by atoms with Crippen molar-refractivity contribution in [2.24, 2.45) is 0 Å². The molecule has 0 saturated carbocycles. The van der Waals surface area contributed by atoms with Crippen molar-refractivity contribution in [2.45, 2.75) is 25.3 Å². The smallest absolute Gasteiger partial charge is 0.0303 e. The van der Waals surface area contributed by atoms with Crippen LogP contribution >= 0.6 is 0 Å². The van der Waals surface area contributed by atoms with E-state index in [0.717, 1.165) is 13.1 Å². The Kier molecular flexibility index (Phi) is 3.84. The lowest BCUT2D eigenvalue weighted by molar-refractivity contribution is 0.200. The van der Waals surface area contributed by atoms with Gasteiger partial charge in [0.05, 0.1) is 0 Å². The maximum atomic E-state index is 4.24. The second-order valence-corrected chi connectivity index (χ2v) is 5.22. The second-order valence-electron chi connectivity index (χ2n) is 5.22. The summed E-state index contributed by atoms with van der Waals surface area (Å²) < 4.78 is 0. The van der Waals surface area contributed by atoms with Crippen LogP contribution in [0.5, 0.6) is 0 Å². The second kappa shape index (κ2) is 5.93.